The number of thioether (sulfide) groups is 1. The van der Waals surface area contributed by atoms with Crippen molar-refractivity contribution in [3.8, 4) is 0 Å². The van der Waals surface area contributed by atoms with Gasteiger partial charge in [-0.15, -0.1) is 22.7 Å². The molecule has 0 amide bonds. The van der Waals surface area contributed by atoms with Crippen molar-refractivity contribution in [3.05, 3.63) is 63.2 Å². The predicted molar refractivity (Wildman–Crippen MR) is 106 cm³/mol. The third-order valence-electron chi connectivity index (χ3n) is 3.59. The molecule has 0 spiro atoms. The van der Waals surface area contributed by atoms with Crippen molar-refractivity contribution < 1.29 is 0 Å². The molecule has 0 saturated heterocycles. The normalized spacial score (nSPS) is 11.1. The molecule has 0 radical (unpaired) electrons. The van der Waals surface area contributed by atoms with E-state index in [1.165, 1.54) is 23.1 Å². The maximum Gasteiger partial charge on any atom is 0.262 e. The quantitative estimate of drug-likeness (QED) is 0.405. The number of nitrogens with zero attached hydrogens (tertiary/aromatic N) is 3. The van der Waals surface area contributed by atoms with Gasteiger partial charge in [-0.1, -0.05) is 30.0 Å². The molecule has 126 valence electrons. The highest BCUT2D eigenvalue weighted by Crippen LogP contribution is 2.26. The Bertz CT molecular complexity index is 1070. The molecule has 0 saturated carbocycles. The lowest BCUT2D eigenvalue weighted by Gasteiger charge is -2.05. The number of thiazole rings is 1. The summed E-state index contributed by atoms with van der Waals surface area (Å²) in [6.07, 6.45) is 0. The Hall–Kier alpha value is -2.16. The molecule has 5 nitrogen and oxygen atoms in total. The Morgan fingerprint density at radius 3 is 2.84 bits per heavy atom. The number of rotatable bonds is 5. The minimum atomic E-state index is -0.00142. The largest absolute Gasteiger partial charge is 0.332 e. The van der Waals surface area contributed by atoms with Crippen LogP contribution in [0.2, 0.25) is 0 Å². The molecule has 0 fully saturated rings. The Kier molecular flexibility index (Phi) is 4.56. The molecule has 0 atom stereocenters. The van der Waals surface area contributed by atoms with E-state index in [1.54, 1.807) is 23.0 Å². The van der Waals surface area contributed by atoms with Crippen LogP contribution >= 0.6 is 34.4 Å². The number of para-hydroxylation sites is 1. The van der Waals surface area contributed by atoms with Crippen molar-refractivity contribution >= 4 is 55.5 Å². The smallest absolute Gasteiger partial charge is 0.262 e. The number of aromatic nitrogens is 3. The molecular weight excluding hydrogens is 372 g/mol. The summed E-state index contributed by atoms with van der Waals surface area (Å²) in [7, 11) is 1.76. The zero-order valence-electron chi connectivity index (χ0n) is 13.3. The molecule has 4 rings (SSSR count). The molecule has 1 aromatic carbocycles. The van der Waals surface area contributed by atoms with Crippen LogP contribution in [0.25, 0.3) is 10.2 Å². The highest BCUT2D eigenvalue weighted by molar-refractivity contribution is 7.98. The Morgan fingerprint density at radius 1 is 1.16 bits per heavy atom. The number of hydrogen-bond acceptors (Lipinski definition) is 7. The first-order valence-electron chi connectivity index (χ1n) is 7.54. The van der Waals surface area contributed by atoms with E-state index in [0.717, 1.165) is 21.3 Å². The third-order valence-corrected chi connectivity index (χ3v) is 6.27. The van der Waals surface area contributed by atoms with Gasteiger partial charge < -0.3 is 5.32 Å². The second kappa shape index (κ2) is 6.99. The summed E-state index contributed by atoms with van der Waals surface area (Å²) in [4.78, 5) is 22.3. The van der Waals surface area contributed by atoms with Gasteiger partial charge in [-0.25, -0.2) is 9.97 Å². The summed E-state index contributed by atoms with van der Waals surface area (Å²) < 4.78 is 1.61. The standard InChI is InChI=1S/C17H14N4OS3/c1-21-15(22)13-7-8-23-14(13)20-17(21)25-10-12-9-24-16(19-12)18-11-5-3-2-4-6-11/h2-9H,10H2,1H3,(H,18,19). The summed E-state index contributed by atoms with van der Waals surface area (Å²) >= 11 is 4.59. The first-order valence-corrected chi connectivity index (χ1v) is 10.3. The maximum atomic E-state index is 12.3. The van der Waals surface area contributed by atoms with Gasteiger partial charge in [0.25, 0.3) is 5.56 Å². The SMILES string of the molecule is Cn1c(SCc2csc(Nc3ccccc3)n2)nc2sccc2c1=O. The average molecular weight is 387 g/mol. The zero-order valence-corrected chi connectivity index (χ0v) is 15.8. The fourth-order valence-corrected chi connectivity index (χ4v) is 4.83. The summed E-state index contributed by atoms with van der Waals surface area (Å²) in [6, 6.07) is 11.8. The molecule has 0 unspecified atom stereocenters. The van der Waals surface area contributed by atoms with Crippen LogP contribution in [-0.4, -0.2) is 14.5 Å². The van der Waals surface area contributed by atoms with Crippen molar-refractivity contribution in [2.75, 3.05) is 5.32 Å². The van der Waals surface area contributed by atoms with Crippen molar-refractivity contribution in [1.82, 2.24) is 14.5 Å². The van der Waals surface area contributed by atoms with Crippen LogP contribution in [0.1, 0.15) is 5.69 Å². The van der Waals surface area contributed by atoms with Crippen LogP contribution in [0.4, 0.5) is 10.8 Å². The summed E-state index contributed by atoms with van der Waals surface area (Å²) in [6.45, 7) is 0. The van der Waals surface area contributed by atoms with Gasteiger partial charge >= 0.3 is 0 Å². The number of hydrogen-bond donors (Lipinski definition) is 1. The number of anilines is 2. The predicted octanol–water partition coefficient (Wildman–Crippen LogP) is 4.49. The first-order chi connectivity index (χ1) is 12.2. The molecular formula is C17H14N4OS3. The summed E-state index contributed by atoms with van der Waals surface area (Å²) in [5.41, 5.74) is 1.98. The van der Waals surface area contributed by atoms with E-state index in [1.807, 2.05) is 47.2 Å². The maximum absolute atomic E-state index is 12.3. The molecule has 1 N–H and O–H groups in total. The van der Waals surface area contributed by atoms with E-state index in [4.69, 9.17) is 0 Å². The Labute approximate surface area is 156 Å². The molecule has 25 heavy (non-hydrogen) atoms. The van der Waals surface area contributed by atoms with Crippen LogP contribution in [0.5, 0.6) is 0 Å². The molecule has 0 aliphatic carbocycles. The topological polar surface area (TPSA) is 59.8 Å². The Morgan fingerprint density at radius 2 is 2.00 bits per heavy atom. The number of nitrogens with one attached hydrogen (secondary N) is 1. The second-order valence-corrected chi connectivity index (χ2v) is 8.02. The van der Waals surface area contributed by atoms with Crippen molar-refractivity contribution in [1.29, 1.82) is 0 Å². The van der Waals surface area contributed by atoms with Gasteiger partial charge in [0.05, 0.1) is 11.1 Å². The molecule has 0 bridgehead atoms. The minimum absolute atomic E-state index is 0.00142. The number of benzene rings is 1. The van der Waals surface area contributed by atoms with Crippen LogP contribution in [0.3, 0.4) is 0 Å². The van der Waals surface area contributed by atoms with E-state index in [-0.39, 0.29) is 5.56 Å². The van der Waals surface area contributed by atoms with E-state index in [0.29, 0.717) is 16.3 Å². The van der Waals surface area contributed by atoms with Crippen molar-refractivity contribution in [2.24, 2.45) is 7.05 Å². The van der Waals surface area contributed by atoms with Gasteiger partial charge in [0.2, 0.25) is 0 Å². The summed E-state index contributed by atoms with van der Waals surface area (Å²) in [5.74, 6) is 0.671. The summed E-state index contributed by atoms with van der Waals surface area (Å²) in [5, 5.41) is 9.47. The third kappa shape index (κ3) is 3.46. The van der Waals surface area contributed by atoms with Gasteiger partial charge in [-0.05, 0) is 23.6 Å². The van der Waals surface area contributed by atoms with Gasteiger partial charge in [0.15, 0.2) is 10.3 Å². The van der Waals surface area contributed by atoms with Crippen LogP contribution in [0.15, 0.2) is 57.1 Å². The van der Waals surface area contributed by atoms with E-state index in [9.17, 15) is 4.79 Å². The minimum Gasteiger partial charge on any atom is -0.332 e. The van der Waals surface area contributed by atoms with Crippen molar-refractivity contribution in [3.63, 3.8) is 0 Å². The molecule has 3 heterocycles. The molecule has 0 aliphatic rings. The number of thiophene rings is 1. The van der Waals surface area contributed by atoms with E-state index in [2.05, 4.69) is 15.3 Å². The molecule has 0 aliphatic heterocycles. The highest BCUT2D eigenvalue weighted by atomic mass is 32.2. The zero-order chi connectivity index (χ0) is 17.2. The lowest BCUT2D eigenvalue weighted by molar-refractivity contribution is 0.728. The molecule has 4 aromatic rings. The van der Waals surface area contributed by atoms with Crippen LogP contribution in [0, 0.1) is 0 Å². The number of fused-ring (bicyclic) bond motifs is 1. The fourth-order valence-electron chi connectivity index (χ4n) is 2.32. The average Bonchev–Trinajstić information content (AvgIpc) is 3.27. The van der Waals surface area contributed by atoms with Gasteiger partial charge in [0, 0.05) is 23.9 Å². The van der Waals surface area contributed by atoms with Gasteiger partial charge in [0.1, 0.15) is 4.83 Å². The second-order valence-electron chi connectivity index (χ2n) is 5.32. The lowest BCUT2D eigenvalue weighted by atomic mass is 10.3. The van der Waals surface area contributed by atoms with Crippen LogP contribution < -0.4 is 10.9 Å². The Balaban J connectivity index is 1.49. The molecule has 8 heteroatoms. The van der Waals surface area contributed by atoms with Gasteiger partial charge in [-0.2, -0.15) is 0 Å². The van der Waals surface area contributed by atoms with E-state index >= 15 is 0 Å². The first kappa shape index (κ1) is 16.3. The van der Waals surface area contributed by atoms with Crippen molar-refractivity contribution in [2.45, 2.75) is 10.9 Å². The monoisotopic (exact) mass is 386 g/mol. The lowest BCUT2D eigenvalue weighted by Crippen LogP contribution is -2.19. The van der Waals surface area contributed by atoms with Crippen LogP contribution in [-0.2, 0) is 12.8 Å². The fraction of sp³-hybridized carbons (Fsp3) is 0.118. The highest BCUT2D eigenvalue weighted by Gasteiger charge is 2.11. The van der Waals surface area contributed by atoms with E-state index < -0.39 is 0 Å². The van der Waals surface area contributed by atoms with Gasteiger partial charge in [-0.3, -0.25) is 9.36 Å². The molecule has 3 aromatic heterocycles.